The van der Waals surface area contributed by atoms with E-state index in [1.54, 1.807) is 0 Å². The highest BCUT2D eigenvalue weighted by Gasteiger charge is 2.23. The van der Waals surface area contributed by atoms with Crippen LogP contribution in [0.3, 0.4) is 0 Å². The van der Waals surface area contributed by atoms with Gasteiger partial charge in [-0.1, -0.05) is 75.9 Å². The zero-order chi connectivity index (χ0) is 23.1. The molecule has 170 valence electrons. The van der Waals surface area contributed by atoms with Gasteiger partial charge in [0.1, 0.15) is 0 Å². The van der Waals surface area contributed by atoms with E-state index in [1.165, 1.54) is 40.7 Å². The summed E-state index contributed by atoms with van der Waals surface area (Å²) in [4.78, 5) is 2.49. The normalized spacial score (nSPS) is 17.3. The number of likely N-dealkylation sites (tertiary alicyclic amines) is 1. The monoisotopic (exact) mass is 445 g/mol. The fourth-order valence-corrected chi connectivity index (χ4v) is 5.01. The number of piperidine rings is 1. The van der Waals surface area contributed by atoms with Crippen molar-refractivity contribution in [1.29, 1.82) is 0 Å². The van der Waals surface area contributed by atoms with Crippen LogP contribution in [0.1, 0.15) is 68.7 Å². The third-order valence-electron chi connectivity index (χ3n) is 6.52. The number of rotatable bonds is 9. The van der Waals surface area contributed by atoms with Crippen molar-refractivity contribution in [3.63, 3.8) is 0 Å². The van der Waals surface area contributed by atoms with E-state index >= 15 is 0 Å². The lowest BCUT2D eigenvalue weighted by molar-refractivity contribution is 0.295. The van der Waals surface area contributed by atoms with Gasteiger partial charge in [0.2, 0.25) is 0 Å². The van der Waals surface area contributed by atoms with E-state index in [2.05, 4.69) is 106 Å². The molecular formula is C30H39NS. The predicted molar refractivity (Wildman–Crippen MR) is 145 cm³/mol. The Hall–Kier alpha value is -2.19. The van der Waals surface area contributed by atoms with Crippen LogP contribution in [0.4, 0.5) is 0 Å². The summed E-state index contributed by atoms with van der Waals surface area (Å²) in [5.74, 6) is 1.66. The molecule has 1 nitrogen and oxygen atoms in total. The molecule has 0 spiro atoms. The minimum absolute atomic E-state index is 0.124. The van der Waals surface area contributed by atoms with Crippen molar-refractivity contribution in [2.45, 2.75) is 52.9 Å². The van der Waals surface area contributed by atoms with E-state index in [0.717, 1.165) is 31.0 Å². The van der Waals surface area contributed by atoms with Crippen molar-refractivity contribution in [3.05, 3.63) is 95.4 Å². The van der Waals surface area contributed by atoms with Gasteiger partial charge in [0.05, 0.1) is 0 Å². The molecule has 0 aliphatic carbocycles. The molecule has 0 bridgehead atoms. The van der Waals surface area contributed by atoms with Crippen LogP contribution in [-0.4, -0.2) is 23.7 Å². The van der Waals surface area contributed by atoms with Crippen LogP contribution in [-0.2, 0) is 6.42 Å². The summed E-state index contributed by atoms with van der Waals surface area (Å²) in [7, 11) is 0. The third-order valence-corrected chi connectivity index (χ3v) is 7.37. The molecule has 1 fully saturated rings. The van der Waals surface area contributed by atoms with Crippen LogP contribution >= 0.6 is 11.8 Å². The van der Waals surface area contributed by atoms with E-state index in [-0.39, 0.29) is 5.41 Å². The summed E-state index contributed by atoms with van der Waals surface area (Å²) in [5.41, 5.74) is 7.99. The van der Waals surface area contributed by atoms with Gasteiger partial charge >= 0.3 is 0 Å². The summed E-state index contributed by atoms with van der Waals surface area (Å²) in [6.07, 6.45) is 5.55. The van der Waals surface area contributed by atoms with E-state index in [4.69, 9.17) is 0 Å². The Kier molecular flexibility index (Phi) is 8.48. The lowest BCUT2D eigenvalue weighted by atomic mass is 9.83. The highest BCUT2D eigenvalue weighted by Crippen LogP contribution is 2.33. The summed E-state index contributed by atoms with van der Waals surface area (Å²) in [5, 5.41) is 2.26. The molecule has 0 N–H and O–H groups in total. The second-order valence-corrected chi connectivity index (χ2v) is 10.8. The molecule has 1 atom stereocenters. The Morgan fingerprint density at radius 3 is 2.66 bits per heavy atom. The highest BCUT2D eigenvalue weighted by molar-refractivity contribution is 8.02. The minimum atomic E-state index is 0.124. The van der Waals surface area contributed by atoms with Crippen molar-refractivity contribution in [3.8, 4) is 0 Å². The number of allylic oxidation sites excluding steroid dienone is 2. The quantitative estimate of drug-likeness (QED) is 0.356. The number of thioether (sulfide) groups is 1. The average molecular weight is 446 g/mol. The van der Waals surface area contributed by atoms with Gasteiger partial charge in [-0.15, -0.1) is 18.3 Å². The molecule has 1 heterocycles. The van der Waals surface area contributed by atoms with Crippen molar-refractivity contribution in [2.24, 2.45) is 5.41 Å². The summed E-state index contributed by atoms with van der Waals surface area (Å²) in [6, 6.07) is 18.1. The van der Waals surface area contributed by atoms with Gasteiger partial charge in [-0.2, -0.15) is 0 Å². The van der Waals surface area contributed by atoms with Crippen LogP contribution in [0.5, 0.6) is 0 Å². The van der Waals surface area contributed by atoms with Crippen LogP contribution in [0, 0.1) is 5.41 Å². The Labute approximate surface area is 200 Å². The zero-order valence-electron chi connectivity index (χ0n) is 20.4. The number of nitrogens with zero attached hydrogens (tertiary/aromatic N) is 1. The van der Waals surface area contributed by atoms with Crippen molar-refractivity contribution in [1.82, 2.24) is 4.90 Å². The van der Waals surface area contributed by atoms with Gasteiger partial charge < -0.3 is 4.90 Å². The second-order valence-electron chi connectivity index (χ2n) is 9.68. The summed E-state index contributed by atoms with van der Waals surface area (Å²) < 4.78 is 0. The molecule has 1 aliphatic rings. The molecule has 1 unspecified atom stereocenters. The highest BCUT2D eigenvalue weighted by atomic mass is 32.2. The smallest absolute Gasteiger partial charge is 0.0367 e. The molecule has 0 saturated carbocycles. The lowest BCUT2D eigenvalue weighted by Gasteiger charge is -2.36. The van der Waals surface area contributed by atoms with Crippen molar-refractivity contribution < 1.29 is 0 Å². The van der Waals surface area contributed by atoms with Gasteiger partial charge in [0, 0.05) is 24.7 Å². The topological polar surface area (TPSA) is 3.24 Å². The van der Waals surface area contributed by atoms with Gasteiger partial charge in [0.15, 0.2) is 0 Å². The molecule has 2 aromatic rings. The molecule has 2 aromatic carbocycles. The van der Waals surface area contributed by atoms with E-state index < -0.39 is 0 Å². The van der Waals surface area contributed by atoms with Gasteiger partial charge in [-0.05, 0) is 76.7 Å². The Bertz CT molecular complexity index is 968. The molecule has 1 saturated heterocycles. The van der Waals surface area contributed by atoms with Crippen molar-refractivity contribution >= 4 is 23.0 Å². The molecular weight excluding hydrogens is 406 g/mol. The van der Waals surface area contributed by atoms with Crippen LogP contribution in [0.25, 0.3) is 11.3 Å². The zero-order valence-corrected chi connectivity index (χ0v) is 21.2. The maximum absolute atomic E-state index is 4.51. The SMILES string of the molecule is C=CC(C)(C)Cc1cccc(C2CCCN(C(=C)c3cccc(/C(C)=C/SCC)c3)C2)c1. The first kappa shape index (κ1) is 24.5. The lowest BCUT2D eigenvalue weighted by Crippen LogP contribution is -2.32. The third kappa shape index (κ3) is 6.42. The molecule has 0 amide bonds. The standard InChI is InChI=1S/C30H39NS/c1-7-30(5,6)20-25-12-9-15-28(18-25)29-16-11-17-31(21-29)24(4)27-14-10-13-26(19-27)23(3)22-32-8-2/h7,9-10,12-15,18-19,22,29H,1,4,8,11,16-17,20-21H2,2-3,5-6H3/b23-22+. The first-order valence-electron chi connectivity index (χ1n) is 11.9. The maximum atomic E-state index is 4.51. The Morgan fingerprint density at radius 2 is 1.91 bits per heavy atom. The Morgan fingerprint density at radius 1 is 1.16 bits per heavy atom. The molecule has 2 heteroatoms. The minimum Gasteiger partial charge on any atom is -0.371 e. The maximum Gasteiger partial charge on any atom is 0.0367 e. The summed E-state index contributed by atoms with van der Waals surface area (Å²) >= 11 is 1.86. The fourth-order valence-electron chi connectivity index (χ4n) is 4.45. The number of hydrogen-bond donors (Lipinski definition) is 0. The Balaban J connectivity index is 1.74. The molecule has 1 aliphatic heterocycles. The predicted octanol–water partition coefficient (Wildman–Crippen LogP) is 8.41. The van der Waals surface area contributed by atoms with Gasteiger partial charge in [-0.3, -0.25) is 0 Å². The number of benzene rings is 2. The van der Waals surface area contributed by atoms with E-state index in [9.17, 15) is 0 Å². The first-order chi connectivity index (χ1) is 15.3. The van der Waals surface area contributed by atoms with Crippen molar-refractivity contribution in [2.75, 3.05) is 18.8 Å². The number of hydrogen-bond acceptors (Lipinski definition) is 2. The molecule has 3 rings (SSSR count). The van der Waals surface area contributed by atoms with Crippen LogP contribution < -0.4 is 0 Å². The summed E-state index contributed by atoms with van der Waals surface area (Å²) in [6.45, 7) is 19.5. The van der Waals surface area contributed by atoms with Gasteiger partial charge in [0.25, 0.3) is 0 Å². The molecule has 32 heavy (non-hydrogen) atoms. The first-order valence-corrected chi connectivity index (χ1v) is 12.9. The van der Waals surface area contributed by atoms with E-state index in [0.29, 0.717) is 5.92 Å². The molecule has 0 radical (unpaired) electrons. The fraction of sp³-hybridized carbons (Fsp3) is 0.400. The van der Waals surface area contributed by atoms with Gasteiger partial charge in [-0.25, -0.2) is 0 Å². The largest absolute Gasteiger partial charge is 0.371 e. The van der Waals surface area contributed by atoms with Crippen LogP contribution in [0.15, 0.2) is 73.2 Å². The molecule has 0 aromatic heterocycles. The van der Waals surface area contributed by atoms with Crippen LogP contribution in [0.2, 0.25) is 0 Å². The average Bonchev–Trinajstić information content (AvgIpc) is 2.82. The second kappa shape index (κ2) is 11.1. The van der Waals surface area contributed by atoms with E-state index in [1.807, 2.05) is 11.8 Å².